The lowest BCUT2D eigenvalue weighted by molar-refractivity contribution is -0.145. The molecule has 15 nitrogen and oxygen atoms in total. The van der Waals surface area contributed by atoms with E-state index in [1.165, 1.54) is 0 Å². The van der Waals surface area contributed by atoms with Crippen molar-refractivity contribution in [2.75, 3.05) is 0 Å². The van der Waals surface area contributed by atoms with Crippen molar-refractivity contribution < 1.29 is 48.9 Å². The van der Waals surface area contributed by atoms with E-state index in [2.05, 4.69) is 5.32 Å². The largest absolute Gasteiger partial charge is 0.481 e. The second kappa shape index (κ2) is 13.6. The fraction of sp³-hybridized carbons (Fsp3) is 0.611. The number of hydrogen-bond acceptors (Lipinski definition) is 8. The average Bonchev–Trinajstić information content (AvgIpc) is 2.67. The molecule has 0 rings (SSSR count). The monoisotopic (exact) mass is 475 g/mol. The van der Waals surface area contributed by atoms with Crippen LogP contribution in [-0.2, 0) is 33.6 Å². The summed E-state index contributed by atoms with van der Waals surface area (Å²) in [5.74, 6) is -9.01. The molecule has 0 aromatic carbocycles. The summed E-state index contributed by atoms with van der Waals surface area (Å²) in [5.41, 5.74) is 10.6. The minimum atomic E-state index is -1.82. The zero-order chi connectivity index (χ0) is 25.9. The van der Waals surface area contributed by atoms with Crippen molar-refractivity contribution in [1.29, 1.82) is 0 Å². The fourth-order valence-electron chi connectivity index (χ4n) is 2.43. The zero-order valence-electron chi connectivity index (χ0n) is 18.1. The molecular weight excluding hydrogens is 446 g/mol. The normalized spacial score (nSPS) is 14.3. The quantitative estimate of drug-likeness (QED) is 0.116. The highest BCUT2D eigenvalue weighted by Crippen LogP contribution is 2.04. The van der Waals surface area contributed by atoms with Gasteiger partial charge >= 0.3 is 17.9 Å². The lowest BCUT2D eigenvalue weighted by Crippen LogP contribution is -2.58. The molecule has 4 unspecified atom stereocenters. The Morgan fingerprint density at radius 3 is 1.45 bits per heavy atom. The van der Waals surface area contributed by atoms with E-state index in [1.54, 1.807) is 13.8 Å². The summed E-state index contributed by atoms with van der Waals surface area (Å²) in [5, 5.41) is 33.4. The second-order valence-corrected chi connectivity index (χ2v) is 7.49. The number of carboxylic acids is 3. The van der Waals surface area contributed by atoms with E-state index in [0.29, 0.717) is 0 Å². The van der Waals surface area contributed by atoms with Crippen LogP contribution in [0.2, 0.25) is 0 Å². The van der Waals surface area contributed by atoms with Crippen LogP contribution in [0.25, 0.3) is 0 Å². The van der Waals surface area contributed by atoms with Crippen LogP contribution in [0.15, 0.2) is 0 Å². The van der Waals surface area contributed by atoms with Gasteiger partial charge in [0.15, 0.2) is 0 Å². The number of carbonyl (C=O) groups is 7. The molecule has 0 aromatic rings. The maximum Gasteiger partial charge on any atom is 0.326 e. The van der Waals surface area contributed by atoms with Gasteiger partial charge in [-0.25, -0.2) is 4.79 Å². The van der Waals surface area contributed by atoms with Gasteiger partial charge in [-0.05, 0) is 12.3 Å². The SMILES string of the molecule is CC(C)C(N)C(=O)NC(CC(=O)O)C(=O)NC(CC(=O)O)C(=O)NC(CCC(N)=O)C(=O)O. The first-order valence-corrected chi connectivity index (χ1v) is 9.77. The molecule has 0 aliphatic heterocycles. The van der Waals surface area contributed by atoms with Crippen LogP contribution in [0.5, 0.6) is 0 Å². The third kappa shape index (κ3) is 11.4. The first-order valence-electron chi connectivity index (χ1n) is 9.77. The van der Waals surface area contributed by atoms with E-state index in [4.69, 9.17) is 26.8 Å². The van der Waals surface area contributed by atoms with Crippen LogP contribution >= 0.6 is 0 Å². The van der Waals surface area contributed by atoms with Gasteiger partial charge in [0.2, 0.25) is 23.6 Å². The van der Waals surface area contributed by atoms with Crippen molar-refractivity contribution in [2.45, 2.75) is 63.7 Å². The Morgan fingerprint density at radius 2 is 1.12 bits per heavy atom. The van der Waals surface area contributed by atoms with Crippen LogP contribution in [0.3, 0.4) is 0 Å². The molecule has 15 heteroatoms. The second-order valence-electron chi connectivity index (χ2n) is 7.49. The number of nitrogens with two attached hydrogens (primary N) is 2. The molecule has 0 saturated heterocycles. The summed E-state index contributed by atoms with van der Waals surface area (Å²) in [6, 6.07) is -6.21. The lowest BCUT2D eigenvalue weighted by Gasteiger charge is -2.24. The van der Waals surface area contributed by atoms with Gasteiger partial charge in [-0.3, -0.25) is 28.8 Å². The summed E-state index contributed by atoms with van der Waals surface area (Å²) in [6.07, 6.45) is -2.68. The van der Waals surface area contributed by atoms with Crippen molar-refractivity contribution in [1.82, 2.24) is 16.0 Å². The van der Waals surface area contributed by atoms with Crippen LogP contribution in [0.4, 0.5) is 0 Å². The number of aliphatic carboxylic acids is 3. The molecule has 10 N–H and O–H groups in total. The minimum Gasteiger partial charge on any atom is -0.481 e. The smallest absolute Gasteiger partial charge is 0.326 e. The van der Waals surface area contributed by atoms with E-state index in [1.807, 2.05) is 10.6 Å². The topological polar surface area (TPSA) is 268 Å². The van der Waals surface area contributed by atoms with E-state index >= 15 is 0 Å². The maximum absolute atomic E-state index is 12.6. The summed E-state index contributed by atoms with van der Waals surface area (Å²) in [7, 11) is 0. The number of nitrogens with one attached hydrogen (secondary N) is 3. The van der Waals surface area contributed by atoms with Crippen molar-refractivity contribution in [3.8, 4) is 0 Å². The Labute approximate surface area is 188 Å². The molecule has 0 radical (unpaired) electrons. The molecule has 0 heterocycles. The third-order valence-electron chi connectivity index (χ3n) is 4.34. The van der Waals surface area contributed by atoms with Gasteiger partial charge in [-0.15, -0.1) is 0 Å². The predicted octanol–water partition coefficient (Wildman–Crippen LogP) is -3.28. The zero-order valence-corrected chi connectivity index (χ0v) is 18.1. The van der Waals surface area contributed by atoms with Crippen LogP contribution in [-0.4, -0.2) is 81.0 Å². The average molecular weight is 475 g/mol. The molecule has 0 bridgehead atoms. The summed E-state index contributed by atoms with van der Waals surface area (Å²) < 4.78 is 0. The van der Waals surface area contributed by atoms with Gasteiger partial charge in [0.25, 0.3) is 0 Å². The van der Waals surface area contributed by atoms with Crippen molar-refractivity contribution in [3.05, 3.63) is 0 Å². The molecule has 4 atom stereocenters. The van der Waals surface area contributed by atoms with E-state index in [0.717, 1.165) is 0 Å². The van der Waals surface area contributed by atoms with Crippen LogP contribution in [0.1, 0.15) is 39.5 Å². The highest BCUT2D eigenvalue weighted by Gasteiger charge is 2.33. The summed E-state index contributed by atoms with van der Waals surface area (Å²) in [4.78, 5) is 81.5. The molecule has 0 spiro atoms. The Kier molecular flexibility index (Phi) is 12.1. The molecule has 4 amide bonds. The molecule has 0 aromatic heterocycles. The van der Waals surface area contributed by atoms with E-state index < -0.39 is 91.4 Å². The number of hydrogen-bond donors (Lipinski definition) is 8. The van der Waals surface area contributed by atoms with Gasteiger partial charge in [0, 0.05) is 6.42 Å². The van der Waals surface area contributed by atoms with Crippen molar-refractivity contribution in [3.63, 3.8) is 0 Å². The van der Waals surface area contributed by atoms with Gasteiger partial charge in [-0.1, -0.05) is 13.8 Å². The minimum absolute atomic E-state index is 0.350. The molecule has 186 valence electrons. The molecular formula is C18H29N5O10. The first kappa shape index (κ1) is 29.2. The maximum atomic E-state index is 12.6. The number of primary amides is 1. The van der Waals surface area contributed by atoms with Gasteiger partial charge in [0.1, 0.15) is 18.1 Å². The van der Waals surface area contributed by atoms with E-state index in [-0.39, 0.29) is 5.92 Å². The van der Waals surface area contributed by atoms with E-state index in [9.17, 15) is 33.6 Å². The molecule has 0 saturated carbocycles. The van der Waals surface area contributed by atoms with Crippen molar-refractivity contribution in [2.24, 2.45) is 17.4 Å². The fourth-order valence-corrected chi connectivity index (χ4v) is 2.43. The molecule has 0 fully saturated rings. The standard InChI is InChI=1S/C18H29N5O10/c1-7(2)14(20)17(31)23-10(6-13(27)28)16(30)22-9(5-12(25)26)15(29)21-8(18(32)33)3-4-11(19)24/h7-10,14H,3-6,20H2,1-2H3,(H2,19,24)(H,21,29)(H,22,30)(H,23,31)(H,25,26)(H,27,28)(H,32,33). The Morgan fingerprint density at radius 1 is 0.727 bits per heavy atom. The van der Waals surface area contributed by atoms with Crippen molar-refractivity contribution >= 4 is 41.5 Å². The van der Waals surface area contributed by atoms with Crippen LogP contribution < -0.4 is 27.4 Å². The Balaban J connectivity index is 5.56. The highest BCUT2D eigenvalue weighted by atomic mass is 16.4. The number of carbonyl (C=O) groups excluding carboxylic acids is 4. The van der Waals surface area contributed by atoms with Gasteiger partial charge in [-0.2, -0.15) is 0 Å². The number of rotatable bonds is 15. The summed E-state index contributed by atoms with van der Waals surface area (Å²) in [6.45, 7) is 3.22. The highest BCUT2D eigenvalue weighted by molar-refractivity contribution is 5.96. The third-order valence-corrected chi connectivity index (χ3v) is 4.34. The lowest BCUT2D eigenvalue weighted by atomic mass is 10.0. The molecule has 0 aliphatic carbocycles. The van der Waals surface area contributed by atoms with Crippen LogP contribution in [0, 0.1) is 5.92 Å². The van der Waals surface area contributed by atoms with Gasteiger partial charge < -0.3 is 42.7 Å². The Hall–Kier alpha value is -3.75. The number of carboxylic acid groups (broad SMARTS) is 3. The summed E-state index contributed by atoms with van der Waals surface area (Å²) >= 11 is 0. The predicted molar refractivity (Wildman–Crippen MR) is 109 cm³/mol. The number of amides is 4. The molecule has 0 aliphatic rings. The first-order chi connectivity index (χ1) is 15.1. The molecule has 33 heavy (non-hydrogen) atoms. The van der Waals surface area contributed by atoms with Gasteiger partial charge in [0.05, 0.1) is 18.9 Å². The Bertz CT molecular complexity index is 785.